The van der Waals surface area contributed by atoms with Gasteiger partial charge in [0.15, 0.2) is 0 Å². The maximum atomic E-state index is 13.2. The molecule has 0 unspecified atom stereocenters. The van der Waals surface area contributed by atoms with Gasteiger partial charge in [0, 0.05) is 28.1 Å². The van der Waals surface area contributed by atoms with Gasteiger partial charge in [-0.25, -0.2) is 9.37 Å². The number of carbonyl (C=O) groups excluding carboxylic acids is 1. The minimum atomic E-state index is -0.377. The number of nitrogens with one attached hydrogen (secondary N) is 1. The second kappa shape index (κ2) is 6.17. The molecule has 4 rings (SSSR count). The van der Waals surface area contributed by atoms with Crippen molar-refractivity contribution >= 4 is 22.9 Å². The molecule has 1 heterocycles. The van der Waals surface area contributed by atoms with Crippen molar-refractivity contribution in [2.45, 2.75) is 18.8 Å². The highest BCUT2D eigenvalue weighted by atomic mass is 32.1. The van der Waals surface area contributed by atoms with Crippen LogP contribution in [0.25, 0.3) is 11.3 Å². The fourth-order valence-electron chi connectivity index (χ4n) is 2.50. The zero-order valence-electron chi connectivity index (χ0n) is 12.8. The van der Waals surface area contributed by atoms with Crippen molar-refractivity contribution in [3.05, 3.63) is 70.3 Å². The van der Waals surface area contributed by atoms with Crippen molar-refractivity contribution in [2.24, 2.45) is 0 Å². The fourth-order valence-corrected chi connectivity index (χ4v) is 3.50. The molecule has 0 spiro atoms. The van der Waals surface area contributed by atoms with Gasteiger partial charge < -0.3 is 5.32 Å². The van der Waals surface area contributed by atoms with Crippen LogP contribution in [0.15, 0.2) is 53.9 Å². The van der Waals surface area contributed by atoms with Gasteiger partial charge in [0.1, 0.15) is 5.82 Å². The third-order valence-electron chi connectivity index (χ3n) is 3.97. The number of carbonyl (C=O) groups is 1. The summed E-state index contributed by atoms with van der Waals surface area (Å²) in [6.45, 7) is 0. The van der Waals surface area contributed by atoms with E-state index in [-0.39, 0.29) is 11.7 Å². The number of nitrogens with zero attached hydrogens (tertiary/aromatic N) is 1. The topological polar surface area (TPSA) is 42.0 Å². The van der Waals surface area contributed by atoms with Crippen LogP contribution in [0.5, 0.6) is 0 Å². The molecule has 24 heavy (non-hydrogen) atoms. The molecular weight excluding hydrogens is 323 g/mol. The Bertz CT molecular complexity index is 884. The number of hydrogen-bond acceptors (Lipinski definition) is 3. The van der Waals surface area contributed by atoms with Crippen LogP contribution in [0.3, 0.4) is 0 Å². The Balaban J connectivity index is 1.49. The minimum absolute atomic E-state index is 0.260. The highest BCUT2D eigenvalue weighted by molar-refractivity contribution is 7.10. The maximum absolute atomic E-state index is 13.2. The molecule has 1 N–H and O–H groups in total. The van der Waals surface area contributed by atoms with E-state index in [0.29, 0.717) is 17.2 Å². The Kier molecular flexibility index (Phi) is 3.86. The Morgan fingerprint density at radius 3 is 2.67 bits per heavy atom. The third-order valence-corrected chi connectivity index (χ3v) is 4.98. The van der Waals surface area contributed by atoms with Gasteiger partial charge in [-0.2, -0.15) is 0 Å². The molecule has 5 heteroatoms. The third kappa shape index (κ3) is 3.21. The highest BCUT2D eigenvalue weighted by Gasteiger charge is 2.26. The zero-order valence-corrected chi connectivity index (χ0v) is 13.6. The lowest BCUT2D eigenvalue weighted by Crippen LogP contribution is -2.11. The number of benzene rings is 2. The second-order valence-electron chi connectivity index (χ2n) is 5.89. The van der Waals surface area contributed by atoms with Crippen LogP contribution in [-0.2, 0) is 0 Å². The first-order chi connectivity index (χ1) is 11.7. The number of anilines is 1. The van der Waals surface area contributed by atoms with Crippen molar-refractivity contribution in [3.63, 3.8) is 0 Å². The van der Waals surface area contributed by atoms with Crippen LogP contribution >= 0.6 is 11.3 Å². The van der Waals surface area contributed by atoms with Crippen molar-refractivity contribution in [1.82, 2.24) is 4.98 Å². The van der Waals surface area contributed by atoms with Crippen molar-refractivity contribution < 1.29 is 9.18 Å². The largest absolute Gasteiger partial charge is 0.322 e. The summed E-state index contributed by atoms with van der Waals surface area (Å²) in [7, 11) is 0. The molecule has 1 aliphatic carbocycles. The summed E-state index contributed by atoms with van der Waals surface area (Å²) < 4.78 is 13.2. The summed E-state index contributed by atoms with van der Waals surface area (Å²) >= 11 is 1.70. The first-order valence-electron chi connectivity index (χ1n) is 7.82. The van der Waals surface area contributed by atoms with Crippen molar-refractivity contribution in [2.75, 3.05) is 5.32 Å². The molecule has 0 radical (unpaired) electrons. The van der Waals surface area contributed by atoms with E-state index in [2.05, 4.69) is 15.7 Å². The standard InChI is InChI=1S/C19H15FN2OS/c20-15-2-1-3-16(10-15)21-18(23)13-6-4-12(5-7-13)17-11-24-19(22-17)14-8-9-14/h1-7,10-11,14H,8-9H2,(H,21,23). The van der Waals surface area contributed by atoms with E-state index >= 15 is 0 Å². The van der Waals surface area contributed by atoms with Crippen LogP contribution in [-0.4, -0.2) is 10.9 Å². The molecule has 0 aliphatic heterocycles. The van der Waals surface area contributed by atoms with Crippen LogP contribution in [0.4, 0.5) is 10.1 Å². The zero-order chi connectivity index (χ0) is 16.5. The van der Waals surface area contributed by atoms with Gasteiger partial charge in [-0.3, -0.25) is 4.79 Å². The van der Waals surface area contributed by atoms with Gasteiger partial charge in [0.25, 0.3) is 5.91 Å². The molecular formula is C19H15FN2OS. The van der Waals surface area contributed by atoms with Crippen LogP contribution in [0.1, 0.15) is 34.1 Å². The van der Waals surface area contributed by atoms with Gasteiger partial charge in [-0.15, -0.1) is 11.3 Å². The number of hydrogen-bond donors (Lipinski definition) is 1. The molecule has 1 amide bonds. The Morgan fingerprint density at radius 2 is 1.96 bits per heavy atom. The first-order valence-corrected chi connectivity index (χ1v) is 8.70. The average Bonchev–Trinajstić information content (AvgIpc) is 3.32. The normalized spacial score (nSPS) is 13.7. The van der Waals surface area contributed by atoms with E-state index in [9.17, 15) is 9.18 Å². The van der Waals surface area contributed by atoms with Gasteiger partial charge >= 0.3 is 0 Å². The number of thiazole rings is 1. The Hall–Kier alpha value is -2.53. The summed E-state index contributed by atoms with van der Waals surface area (Å²) in [5, 5.41) is 5.96. The molecule has 2 aromatic carbocycles. The second-order valence-corrected chi connectivity index (χ2v) is 6.78. The van der Waals surface area contributed by atoms with E-state index < -0.39 is 0 Å². The number of rotatable bonds is 4. The minimum Gasteiger partial charge on any atom is -0.322 e. The van der Waals surface area contributed by atoms with Gasteiger partial charge in [-0.1, -0.05) is 18.2 Å². The predicted octanol–water partition coefficient (Wildman–Crippen LogP) is 5.08. The lowest BCUT2D eigenvalue weighted by Gasteiger charge is -2.06. The number of aromatic nitrogens is 1. The van der Waals surface area contributed by atoms with Crippen molar-refractivity contribution in [1.29, 1.82) is 0 Å². The molecule has 0 atom stereocenters. The van der Waals surface area contributed by atoms with Crippen LogP contribution in [0, 0.1) is 5.82 Å². The van der Waals surface area contributed by atoms with E-state index in [1.54, 1.807) is 35.6 Å². The highest BCUT2D eigenvalue weighted by Crippen LogP contribution is 2.42. The smallest absolute Gasteiger partial charge is 0.255 e. The van der Waals surface area contributed by atoms with Crippen LogP contribution < -0.4 is 5.32 Å². The molecule has 1 aromatic heterocycles. The van der Waals surface area contributed by atoms with Gasteiger partial charge in [0.05, 0.1) is 10.7 Å². The van der Waals surface area contributed by atoms with E-state index in [0.717, 1.165) is 11.3 Å². The molecule has 120 valence electrons. The molecule has 3 nitrogen and oxygen atoms in total. The SMILES string of the molecule is O=C(Nc1cccc(F)c1)c1ccc(-c2csc(C3CC3)n2)cc1. The van der Waals surface area contributed by atoms with Crippen LogP contribution in [0.2, 0.25) is 0 Å². The summed E-state index contributed by atoms with van der Waals surface area (Å²) in [5.41, 5.74) is 2.93. The molecule has 1 fully saturated rings. The van der Waals surface area contributed by atoms with Gasteiger partial charge in [0.2, 0.25) is 0 Å². The first kappa shape index (κ1) is 15.0. The molecule has 1 saturated carbocycles. The van der Waals surface area contributed by atoms with E-state index in [4.69, 9.17) is 0 Å². The van der Waals surface area contributed by atoms with Crippen molar-refractivity contribution in [3.8, 4) is 11.3 Å². The fraction of sp³-hybridized carbons (Fsp3) is 0.158. The van der Waals surface area contributed by atoms with Gasteiger partial charge in [-0.05, 0) is 43.2 Å². The lowest BCUT2D eigenvalue weighted by molar-refractivity contribution is 0.102. The Morgan fingerprint density at radius 1 is 1.17 bits per heavy atom. The maximum Gasteiger partial charge on any atom is 0.255 e. The summed E-state index contributed by atoms with van der Waals surface area (Å²) in [4.78, 5) is 16.9. The summed E-state index contributed by atoms with van der Waals surface area (Å²) in [6.07, 6.45) is 2.48. The molecule has 1 aliphatic rings. The molecule has 0 saturated heterocycles. The molecule has 3 aromatic rings. The van der Waals surface area contributed by atoms with E-state index in [1.807, 2.05) is 12.1 Å². The number of halogens is 1. The van der Waals surface area contributed by atoms with E-state index in [1.165, 1.54) is 30.0 Å². The summed E-state index contributed by atoms with van der Waals surface area (Å²) in [5.74, 6) is 0.0160. The lowest BCUT2D eigenvalue weighted by atomic mass is 10.1. The Labute approximate surface area is 143 Å². The average molecular weight is 338 g/mol. The number of amides is 1. The summed E-state index contributed by atoms with van der Waals surface area (Å²) in [6, 6.07) is 13.2. The predicted molar refractivity (Wildman–Crippen MR) is 93.9 cm³/mol. The molecule has 0 bridgehead atoms. The monoisotopic (exact) mass is 338 g/mol. The quantitative estimate of drug-likeness (QED) is 0.721.